The molecule has 3 aromatic rings. The van der Waals surface area contributed by atoms with Gasteiger partial charge in [-0.3, -0.25) is 0 Å². The minimum absolute atomic E-state index is 0.150. The molecule has 30 heavy (non-hydrogen) atoms. The second-order valence-corrected chi connectivity index (χ2v) is 6.74. The predicted molar refractivity (Wildman–Crippen MR) is 106 cm³/mol. The van der Waals surface area contributed by atoms with Crippen LogP contribution in [0.2, 0.25) is 0 Å². The lowest BCUT2D eigenvalue weighted by Gasteiger charge is -2.10. The Morgan fingerprint density at radius 3 is 2.70 bits per heavy atom. The molecular formula is C21H22FN3O5. The first-order valence-corrected chi connectivity index (χ1v) is 9.35. The summed E-state index contributed by atoms with van der Waals surface area (Å²) < 4.78 is 35.2. The van der Waals surface area contributed by atoms with Crippen LogP contribution in [-0.2, 0) is 9.47 Å². The number of aliphatic hydroxyl groups is 1. The number of hydrogen-bond donors (Lipinski definition) is 3. The molecule has 8 nitrogen and oxygen atoms in total. The number of hydrazine groups is 1. The van der Waals surface area contributed by atoms with E-state index < -0.39 is 18.1 Å². The number of anilines is 1. The SMILES string of the molecule is COCCOc1cc2c(cc1F)C(c1cc(-c3ccc(C(O)OC)cc3)no1)NN2. The summed E-state index contributed by atoms with van der Waals surface area (Å²) in [6, 6.07) is 11.5. The average Bonchev–Trinajstić information content (AvgIpc) is 3.40. The molecule has 0 amide bonds. The summed E-state index contributed by atoms with van der Waals surface area (Å²) in [6.45, 7) is 0.631. The van der Waals surface area contributed by atoms with Gasteiger partial charge < -0.3 is 29.3 Å². The molecule has 2 atom stereocenters. The molecule has 0 saturated carbocycles. The van der Waals surface area contributed by atoms with Gasteiger partial charge in [0.2, 0.25) is 0 Å². The number of nitrogens with zero attached hydrogens (tertiary/aromatic N) is 1. The summed E-state index contributed by atoms with van der Waals surface area (Å²) in [6.07, 6.45) is -0.976. The Labute approximate surface area is 172 Å². The molecule has 0 spiro atoms. The summed E-state index contributed by atoms with van der Waals surface area (Å²) >= 11 is 0. The van der Waals surface area contributed by atoms with E-state index in [0.29, 0.717) is 34.9 Å². The fraction of sp³-hybridized carbons (Fsp3) is 0.286. The number of nitrogens with one attached hydrogen (secondary N) is 2. The first-order valence-electron chi connectivity index (χ1n) is 9.35. The van der Waals surface area contributed by atoms with Crippen LogP contribution in [-0.4, -0.2) is 37.7 Å². The number of ether oxygens (including phenoxy) is 3. The van der Waals surface area contributed by atoms with Crippen LogP contribution in [0.15, 0.2) is 47.0 Å². The van der Waals surface area contributed by atoms with Crippen molar-refractivity contribution in [2.75, 3.05) is 32.9 Å². The lowest BCUT2D eigenvalue weighted by Crippen LogP contribution is -2.19. The van der Waals surface area contributed by atoms with Gasteiger partial charge in [0.15, 0.2) is 23.6 Å². The number of fused-ring (bicyclic) bond motifs is 1. The Kier molecular flexibility index (Phi) is 5.96. The Hall–Kier alpha value is -2.98. The van der Waals surface area contributed by atoms with Gasteiger partial charge in [-0.1, -0.05) is 29.4 Å². The summed E-state index contributed by atoms with van der Waals surface area (Å²) in [4.78, 5) is 0. The maximum Gasteiger partial charge on any atom is 0.180 e. The van der Waals surface area contributed by atoms with Crippen molar-refractivity contribution in [3.8, 4) is 17.0 Å². The van der Waals surface area contributed by atoms with Crippen LogP contribution in [0.5, 0.6) is 5.75 Å². The van der Waals surface area contributed by atoms with Crippen molar-refractivity contribution in [3.05, 3.63) is 65.2 Å². The third kappa shape index (κ3) is 4.01. The summed E-state index contributed by atoms with van der Waals surface area (Å²) in [7, 11) is 2.99. The highest BCUT2D eigenvalue weighted by atomic mass is 19.1. The zero-order chi connectivity index (χ0) is 21.1. The minimum atomic E-state index is -0.976. The molecule has 158 valence electrons. The predicted octanol–water partition coefficient (Wildman–Crippen LogP) is 3.16. The van der Waals surface area contributed by atoms with E-state index in [4.69, 9.17) is 18.7 Å². The highest BCUT2D eigenvalue weighted by molar-refractivity contribution is 5.63. The van der Waals surface area contributed by atoms with Gasteiger partial charge in [-0.25, -0.2) is 9.82 Å². The van der Waals surface area contributed by atoms with Gasteiger partial charge >= 0.3 is 0 Å². The van der Waals surface area contributed by atoms with Crippen molar-refractivity contribution in [2.24, 2.45) is 0 Å². The monoisotopic (exact) mass is 415 g/mol. The van der Waals surface area contributed by atoms with Crippen LogP contribution in [0.3, 0.4) is 0 Å². The van der Waals surface area contributed by atoms with Gasteiger partial charge in [0.25, 0.3) is 0 Å². The van der Waals surface area contributed by atoms with Gasteiger partial charge in [0, 0.05) is 43.0 Å². The minimum Gasteiger partial charge on any atom is -0.488 e. The van der Waals surface area contributed by atoms with Gasteiger partial charge in [-0.05, 0) is 6.07 Å². The van der Waals surface area contributed by atoms with Crippen molar-refractivity contribution < 1.29 is 28.2 Å². The molecule has 1 aliphatic rings. The number of halogens is 1. The molecule has 0 saturated heterocycles. The largest absolute Gasteiger partial charge is 0.488 e. The van der Waals surface area contributed by atoms with E-state index >= 15 is 0 Å². The number of rotatable bonds is 8. The zero-order valence-electron chi connectivity index (χ0n) is 16.5. The molecule has 1 aliphatic heterocycles. The molecular weight excluding hydrogens is 393 g/mol. The summed E-state index contributed by atoms with van der Waals surface area (Å²) in [5.41, 5.74) is 9.57. The van der Waals surface area contributed by atoms with Gasteiger partial charge in [-0.2, -0.15) is 0 Å². The molecule has 0 aliphatic carbocycles. The molecule has 1 aromatic heterocycles. The van der Waals surface area contributed by atoms with Gasteiger partial charge in [-0.15, -0.1) is 0 Å². The number of methoxy groups -OCH3 is 2. The molecule has 2 unspecified atom stereocenters. The number of aliphatic hydroxyl groups excluding tert-OH is 1. The maximum absolute atomic E-state index is 14.5. The molecule has 9 heteroatoms. The number of hydrogen-bond acceptors (Lipinski definition) is 8. The standard InChI is InChI=1S/C21H22FN3O5/c1-27-7-8-29-18-11-17-14(9-15(18)22)20(24-23-17)19-10-16(25-30-19)12-3-5-13(6-4-12)21(26)28-2/h3-6,9-11,20-21,23-24,26H,7-8H2,1-2H3. The van der Waals surface area contributed by atoms with E-state index in [1.54, 1.807) is 31.4 Å². The van der Waals surface area contributed by atoms with E-state index in [-0.39, 0.29) is 12.4 Å². The smallest absolute Gasteiger partial charge is 0.180 e. The Morgan fingerprint density at radius 1 is 1.17 bits per heavy atom. The van der Waals surface area contributed by atoms with Gasteiger partial charge in [0.05, 0.1) is 12.3 Å². The van der Waals surface area contributed by atoms with Crippen molar-refractivity contribution in [2.45, 2.75) is 12.3 Å². The fourth-order valence-electron chi connectivity index (χ4n) is 3.23. The molecule has 0 fully saturated rings. The van der Waals surface area contributed by atoms with E-state index in [0.717, 1.165) is 5.56 Å². The molecule has 0 radical (unpaired) electrons. The van der Waals surface area contributed by atoms with E-state index in [9.17, 15) is 9.50 Å². The topological polar surface area (TPSA) is 98.0 Å². The third-order valence-electron chi connectivity index (χ3n) is 4.84. The van der Waals surface area contributed by atoms with E-state index in [1.807, 2.05) is 12.1 Å². The second-order valence-electron chi connectivity index (χ2n) is 6.74. The molecule has 3 N–H and O–H groups in total. The number of benzene rings is 2. The van der Waals surface area contributed by atoms with E-state index in [2.05, 4.69) is 16.0 Å². The molecule has 0 bridgehead atoms. The average molecular weight is 415 g/mol. The van der Waals surface area contributed by atoms with Crippen LogP contribution < -0.4 is 15.6 Å². The van der Waals surface area contributed by atoms with Crippen LogP contribution in [0.4, 0.5) is 10.1 Å². The molecule has 2 heterocycles. The van der Waals surface area contributed by atoms with Crippen molar-refractivity contribution >= 4 is 5.69 Å². The number of aromatic nitrogens is 1. The lowest BCUT2D eigenvalue weighted by atomic mass is 10.0. The normalized spacial score (nSPS) is 16.2. The Morgan fingerprint density at radius 2 is 1.97 bits per heavy atom. The van der Waals surface area contributed by atoms with E-state index in [1.165, 1.54) is 13.2 Å². The quantitative estimate of drug-likeness (QED) is 0.381. The van der Waals surface area contributed by atoms with Crippen LogP contribution in [0.1, 0.15) is 29.2 Å². The zero-order valence-corrected chi connectivity index (χ0v) is 16.5. The van der Waals surface area contributed by atoms with Crippen molar-refractivity contribution in [1.29, 1.82) is 0 Å². The van der Waals surface area contributed by atoms with Crippen molar-refractivity contribution in [1.82, 2.24) is 10.6 Å². The maximum atomic E-state index is 14.5. The summed E-state index contributed by atoms with van der Waals surface area (Å²) in [5.74, 6) is 0.217. The highest BCUT2D eigenvalue weighted by Gasteiger charge is 2.29. The van der Waals surface area contributed by atoms with Gasteiger partial charge in [0.1, 0.15) is 18.3 Å². The summed E-state index contributed by atoms with van der Waals surface area (Å²) in [5, 5.41) is 13.8. The van der Waals surface area contributed by atoms with Crippen molar-refractivity contribution in [3.63, 3.8) is 0 Å². The highest BCUT2D eigenvalue weighted by Crippen LogP contribution is 2.38. The van der Waals surface area contributed by atoms with Crippen LogP contribution >= 0.6 is 0 Å². The fourth-order valence-corrected chi connectivity index (χ4v) is 3.23. The first kappa shape index (κ1) is 20.3. The molecule has 2 aromatic carbocycles. The van der Waals surface area contributed by atoms with Crippen LogP contribution in [0.25, 0.3) is 11.3 Å². The van der Waals surface area contributed by atoms with Crippen LogP contribution in [0, 0.1) is 5.82 Å². The first-order chi connectivity index (χ1) is 14.6. The Bertz CT molecular complexity index is 1010. The second kappa shape index (κ2) is 8.80. The lowest BCUT2D eigenvalue weighted by molar-refractivity contribution is -0.0769. The molecule has 4 rings (SSSR count). The third-order valence-corrected chi connectivity index (χ3v) is 4.84. The Balaban J connectivity index is 1.53.